The molecule has 0 spiro atoms. The second-order valence-corrected chi connectivity index (χ2v) is 5.50. The molecule has 0 bridgehead atoms. The van der Waals surface area contributed by atoms with Crippen molar-refractivity contribution in [3.05, 3.63) is 78.6 Å². The van der Waals surface area contributed by atoms with Crippen LogP contribution in [0.2, 0.25) is 0 Å². The molecular formula is C19H18FN3O. The van der Waals surface area contributed by atoms with Gasteiger partial charge in [0.15, 0.2) is 0 Å². The summed E-state index contributed by atoms with van der Waals surface area (Å²) in [5, 5.41) is 2.90. The van der Waals surface area contributed by atoms with Gasteiger partial charge in [0.05, 0.1) is 6.33 Å². The van der Waals surface area contributed by atoms with Crippen molar-refractivity contribution in [2.24, 2.45) is 0 Å². The Morgan fingerprint density at radius 3 is 2.67 bits per heavy atom. The van der Waals surface area contributed by atoms with E-state index in [-0.39, 0.29) is 11.7 Å². The molecule has 1 heterocycles. The number of hydrogen-bond donors (Lipinski definition) is 1. The molecule has 0 unspecified atom stereocenters. The third-order valence-corrected chi connectivity index (χ3v) is 3.72. The SMILES string of the molecule is O=C(NCCCn1ccnc1)c1cccc(-c2cccc(F)c2)c1. The van der Waals surface area contributed by atoms with E-state index >= 15 is 0 Å². The number of imidazole rings is 1. The summed E-state index contributed by atoms with van der Waals surface area (Å²) in [6.07, 6.45) is 6.21. The maximum Gasteiger partial charge on any atom is 0.251 e. The zero-order valence-corrected chi connectivity index (χ0v) is 13.2. The lowest BCUT2D eigenvalue weighted by Crippen LogP contribution is -2.25. The van der Waals surface area contributed by atoms with Gasteiger partial charge in [-0.25, -0.2) is 9.37 Å². The Labute approximate surface area is 140 Å². The van der Waals surface area contributed by atoms with Crippen molar-refractivity contribution >= 4 is 5.91 Å². The Hall–Kier alpha value is -2.95. The third-order valence-electron chi connectivity index (χ3n) is 3.72. The van der Waals surface area contributed by atoms with Gasteiger partial charge in [-0.3, -0.25) is 4.79 Å². The summed E-state index contributed by atoms with van der Waals surface area (Å²) in [4.78, 5) is 16.2. The van der Waals surface area contributed by atoms with E-state index < -0.39 is 0 Å². The minimum Gasteiger partial charge on any atom is -0.352 e. The summed E-state index contributed by atoms with van der Waals surface area (Å²) in [5.41, 5.74) is 2.14. The van der Waals surface area contributed by atoms with Crippen molar-refractivity contribution in [2.75, 3.05) is 6.54 Å². The number of benzene rings is 2. The van der Waals surface area contributed by atoms with Gasteiger partial charge in [0, 0.05) is 31.0 Å². The van der Waals surface area contributed by atoms with Crippen LogP contribution in [0, 0.1) is 5.82 Å². The van der Waals surface area contributed by atoms with Crippen molar-refractivity contribution < 1.29 is 9.18 Å². The number of carbonyl (C=O) groups is 1. The fourth-order valence-electron chi connectivity index (χ4n) is 2.49. The Bertz CT molecular complexity index is 815. The van der Waals surface area contributed by atoms with Gasteiger partial charge in [-0.2, -0.15) is 0 Å². The molecule has 0 fully saturated rings. The molecule has 1 aromatic heterocycles. The average molecular weight is 323 g/mol. The molecule has 0 atom stereocenters. The Kier molecular flexibility index (Phi) is 5.01. The van der Waals surface area contributed by atoms with Crippen LogP contribution in [-0.4, -0.2) is 22.0 Å². The number of halogens is 1. The van der Waals surface area contributed by atoms with E-state index in [1.54, 1.807) is 36.8 Å². The molecule has 3 rings (SSSR count). The van der Waals surface area contributed by atoms with Crippen molar-refractivity contribution in [2.45, 2.75) is 13.0 Å². The van der Waals surface area contributed by atoms with Crippen LogP contribution < -0.4 is 5.32 Å². The van der Waals surface area contributed by atoms with E-state index in [0.717, 1.165) is 24.1 Å². The Morgan fingerprint density at radius 1 is 1.12 bits per heavy atom. The van der Waals surface area contributed by atoms with Crippen LogP contribution in [0.1, 0.15) is 16.8 Å². The number of rotatable bonds is 6. The van der Waals surface area contributed by atoms with Crippen LogP contribution in [-0.2, 0) is 6.54 Å². The lowest BCUT2D eigenvalue weighted by Gasteiger charge is -2.08. The van der Waals surface area contributed by atoms with Crippen LogP contribution >= 0.6 is 0 Å². The second-order valence-electron chi connectivity index (χ2n) is 5.50. The lowest BCUT2D eigenvalue weighted by atomic mass is 10.0. The molecule has 24 heavy (non-hydrogen) atoms. The van der Waals surface area contributed by atoms with Crippen LogP contribution in [0.25, 0.3) is 11.1 Å². The lowest BCUT2D eigenvalue weighted by molar-refractivity contribution is 0.0953. The van der Waals surface area contributed by atoms with Gasteiger partial charge in [-0.15, -0.1) is 0 Å². The summed E-state index contributed by atoms with van der Waals surface area (Å²) in [6.45, 7) is 1.39. The largest absolute Gasteiger partial charge is 0.352 e. The summed E-state index contributed by atoms with van der Waals surface area (Å²) in [6, 6.07) is 13.6. The first-order valence-corrected chi connectivity index (χ1v) is 7.82. The van der Waals surface area contributed by atoms with Crippen LogP contribution in [0.3, 0.4) is 0 Å². The Balaban J connectivity index is 1.60. The highest BCUT2D eigenvalue weighted by molar-refractivity contribution is 5.95. The van der Waals surface area contributed by atoms with Gasteiger partial charge >= 0.3 is 0 Å². The van der Waals surface area contributed by atoms with Crippen molar-refractivity contribution in [3.8, 4) is 11.1 Å². The van der Waals surface area contributed by atoms with E-state index in [2.05, 4.69) is 10.3 Å². The zero-order valence-electron chi connectivity index (χ0n) is 13.2. The summed E-state index contributed by atoms with van der Waals surface area (Å²) >= 11 is 0. The number of amides is 1. The molecule has 2 aromatic carbocycles. The van der Waals surface area contributed by atoms with Crippen LogP contribution in [0.5, 0.6) is 0 Å². The van der Waals surface area contributed by atoms with Crippen molar-refractivity contribution in [1.29, 1.82) is 0 Å². The summed E-state index contributed by atoms with van der Waals surface area (Å²) < 4.78 is 15.3. The predicted molar refractivity (Wildman–Crippen MR) is 91.0 cm³/mol. The molecule has 1 amide bonds. The summed E-state index contributed by atoms with van der Waals surface area (Å²) in [7, 11) is 0. The minimum atomic E-state index is -0.290. The molecule has 3 aromatic rings. The molecule has 0 aliphatic carbocycles. The zero-order chi connectivity index (χ0) is 16.8. The second kappa shape index (κ2) is 7.55. The highest BCUT2D eigenvalue weighted by atomic mass is 19.1. The smallest absolute Gasteiger partial charge is 0.251 e. The maximum absolute atomic E-state index is 13.3. The van der Waals surface area contributed by atoms with Crippen LogP contribution in [0.15, 0.2) is 67.3 Å². The topological polar surface area (TPSA) is 46.9 Å². The number of nitrogens with one attached hydrogen (secondary N) is 1. The van der Waals surface area contributed by atoms with Gasteiger partial charge in [-0.05, 0) is 41.8 Å². The molecule has 0 saturated carbocycles. The first-order valence-electron chi connectivity index (χ1n) is 7.82. The first-order chi connectivity index (χ1) is 11.7. The molecule has 1 N–H and O–H groups in total. The number of hydrogen-bond acceptors (Lipinski definition) is 2. The predicted octanol–water partition coefficient (Wildman–Crippen LogP) is 3.51. The van der Waals surface area contributed by atoms with Crippen molar-refractivity contribution in [3.63, 3.8) is 0 Å². The number of nitrogens with zero attached hydrogens (tertiary/aromatic N) is 2. The van der Waals surface area contributed by atoms with Gasteiger partial charge in [-0.1, -0.05) is 24.3 Å². The number of aryl methyl sites for hydroxylation is 1. The van der Waals surface area contributed by atoms with Gasteiger partial charge in [0.2, 0.25) is 0 Å². The van der Waals surface area contributed by atoms with Gasteiger partial charge in [0.1, 0.15) is 5.82 Å². The van der Waals surface area contributed by atoms with Gasteiger partial charge < -0.3 is 9.88 Å². The monoisotopic (exact) mass is 323 g/mol. The highest BCUT2D eigenvalue weighted by Gasteiger charge is 2.07. The van der Waals surface area contributed by atoms with E-state index in [9.17, 15) is 9.18 Å². The normalized spacial score (nSPS) is 10.5. The number of aromatic nitrogens is 2. The maximum atomic E-state index is 13.3. The third kappa shape index (κ3) is 4.07. The van der Waals surface area contributed by atoms with E-state index in [0.29, 0.717) is 12.1 Å². The van der Waals surface area contributed by atoms with E-state index in [1.807, 2.05) is 22.9 Å². The molecule has 0 radical (unpaired) electrons. The average Bonchev–Trinajstić information content (AvgIpc) is 3.12. The molecule has 4 nitrogen and oxygen atoms in total. The quantitative estimate of drug-likeness (QED) is 0.706. The fourth-order valence-corrected chi connectivity index (χ4v) is 2.49. The molecule has 122 valence electrons. The fraction of sp³-hybridized carbons (Fsp3) is 0.158. The first kappa shape index (κ1) is 15.9. The standard InChI is InChI=1S/C19H18FN3O/c20-18-7-2-5-16(13-18)15-4-1-6-17(12-15)19(24)22-8-3-10-23-11-9-21-14-23/h1-2,4-7,9,11-14H,3,8,10H2,(H,22,24). The minimum absolute atomic E-state index is 0.126. The van der Waals surface area contributed by atoms with Gasteiger partial charge in [0.25, 0.3) is 5.91 Å². The molecule has 0 saturated heterocycles. The highest BCUT2D eigenvalue weighted by Crippen LogP contribution is 2.21. The van der Waals surface area contributed by atoms with E-state index in [1.165, 1.54) is 12.1 Å². The molecule has 5 heteroatoms. The Morgan fingerprint density at radius 2 is 1.92 bits per heavy atom. The number of carbonyl (C=O) groups excluding carboxylic acids is 1. The molecular weight excluding hydrogens is 305 g/mol. The molecule has 0 aliphatic rings. The van der Waals surface area contributed by atoms with Crippen LogP contribution in [0.4, 0.5) is 4.39 Å². The van der Waals surface area contributed by atoms with E-state index in [4.69, 9.17) is 0 Å². The summed E-state index contributed by atoms with van der Waals surface area (Å²) in [5.74, 6) is -0.416. The van der Waals surface area contributed by atoms with Crippen molar-refractivity contribution in [1.82, 2.24) is 14.9 Å². The molecule has 0 aliphatic heterocycles.